The largest absolute Gasteiger partial charge is 0.330 e. The van der Waals surface area contributed by atoms with Gasteiger partial charge in [0, 0.05) is 11.2 Å². The highest BCUT2D eigenvalue weighted by Crippen LogP contribution is 2.16. The molecule has 0 aliphatic rings. The standard InChI is InChI=1S/C13H16ClN3/c14-13-6-2-1-5-12(13)10-17-9-11(8-16-17)4-3-7-15/h1-2,5-6,8-9H,3-4,7,10,15H2. The fourth-order valence-corrected chi connectivity index (χ4v) is 1.92. The Balaban J connectivity index is 2.04. The van der Waals surface area contributed by atoms with E-state index in [0.717, 1.165) is 30.0 Å². The Morgan fingerprint density at radius 2 is 2.12 bits per heavy atom. The van der Waals surface area contributed by atoms with Crippen molar-refractivity contribution in [2.24, 2.45) is 5.73 Å². The van der Waals surface area contributed by atoms with Gasteiger partial charge in [0.15, 0.2) is 0 Å². The van der Waals surface area contributed by atoms with E-state index in [4.69, 9.17) is 17.3 Å². The van der Waals surface area contributed by atoms with Crippen molar-refractivity contribution in [1.29, 1.82) is 0 Å². The average molecular weight is 250 g/mol. The van der Waals surface area contributed by atoms with Crippen LogP contribution in [0, 0.1) is 0 Å². The molecular weight excluding hydrogens is 234 g/mol. The summed E-state index contributed by atoms with van der Waals surface area (Å²) in [7, 11) is 0. The number of hydrogen-bond donors (Lipinski definition) is 1. The number of nitrogens with two attached hydrogens (primary N) is 1. The highest BCUT2D eigenvalue weighted by molar-refractivity contribution is 6.31. The second-order valence-corrected chi connectivity index (χ2v) is 4.44. The Kier molecular flexibility index (Phi) is 4.18. The predicted molar refractivity (Wildman–Crippen MR) is 70.2 cm³/mol. The topological polar surface area (TPSA) is 43.8 Å². The number of aromatic nitrogens is 2. The normalized spacial score (nSPS) is 10.7. The zero-order valence-electron chi connectivity index (χ0n) is 9.64. The predicted octanol–water partition coefficient (Wildman–Crippen LogP) is 2.48. The lowest BCUT2D eigenvalue weighted by atomic mass is 10.2. The Morgan fingerprint density at radius 1 is 1.29 bits per heavy atom. The molecule has 1 aromatic heterocycles. The number of benzene rings is 1. The van der Waals surface area contributed by atoms with Crippen LogP contribution in [-0.2, 0) is 13.0 Å². The lowest BCUT2D eigenvalue weighted by molar-refractivity contribution is 0.685. The van der Waals surface area contributed by atoms with Gasteiger partial charge in [0.2, 0.25) is 0 Å². The van der Waals surface area contributed by atoms with E-state index < -0.39 is 0 Å². The molecule has 3 nitrogen and oxygen atoms in total. The Morgan fingerprint density at radius 3 is 2.88 bits per heavy atom. The summed E-state index contributed by atoms with van der Waals surface area (Å²) < 4.78 is 1.91. The minimum absolute atomic E-state index is 0.711. The van der Waals surface area contributed by atoms with E-state index in [9.17, 15) is 0 Å². The first-order valence-corrected chi connectivity index (χ1v) is 6.12. The van der Waals surface area contributed by atoms with Crippen molar-refractivity contribution in [3.8, 4) is 0 Å². The maximum atomic E-state index is 6.11. The third kappa shape index (κ3) is 3.32. The summed E-state index contributed by atoms with van der Waals surface area (Å²) >= 11 is 6.11. The quantitative estimate of drug-likeness (QED) is 0.885. The van der Waals surface area contributed by atoms with Gasteiger partial charge in [-0.1, -0.05) is 29.8 Å². The van der Waals surface area contributed by atoms with Gasteiger partial charge in [0.25, 0.3) is 0 Å². The van der Waals surface area contributed by atoms with Crippen LogP contribution < -0.4 is 5.73 Å². The van der Waals surface area contributed by atoms with Gasteiger partial charge in [-0.3, -0.25) is 4.68 Å². The summed E-state index contributed by atoms with van der Waals surface area (Å²) in [6.45, 7) is 1.43. The van der Waals surface area contributed by atoms with Gasteiger partial charge in [-0.15, -0.1) is 0 Å². The lowest BCUT2D eigenvalue weighted by Crippen LogP contribution is -2.01. The molecule has 0 fully saturated rings. The van der Waals surface area contributed by atoms with Crippen molar-refractivity contribution in [2.75, 3.05) is 6.54 Å². The highest BCUT2D eigenvalue weighted by atomic mass is 35.5. The minimum atomic E-state index is 0.711. The number of hydrogen-bond acceptors (Lipinski definition) is 2. The smallest absolute Gasteiger partial charge is 0.0673 e. The molecule has 0 saturated heterocycles. The summed E-state index contributed by atoms with van der Waals surface area (Å²) in [5.74, 6) is 0. The Bertz CT molecular complexity index is 479. The molecule has 0 aliphatic heterocycles. The van der Waals surface area contributed by atoms with Crippen molar-refractivity contribution < 1.29 is 0 Å². The van der Waals surface area contributed by atoms with Crippen LogP contribution in [0.3, 0.4) is 0 Å². The average Bonchev–Trinajstić information content (AvgIpc) is 2.77. The number of rotatable bonds is 5. The molecule has 90 valence electrons. The van der Waals surface area contributed by atoms with E-state index in [-0.39, 0.29) is 0 Å². The summed E-state index contributed by atoms with van der Waals surface area (Å²) in [4.78, 5) is 0. The molecule has 0 amide bonds. The molecule has 2 N–H and O–H groups in total. The van der Waals surface area contributed by atoms with Crippen molar-refractivity contribution in [3.05, 3.63) is 52.8 Å². The third-order valence-electron chi connectivity index (χ3n) is 2.65. The van der Waals surface area contributed by atoms with Crippen molar-refractivity contribution in [2.45, 2.75) is 19.4 Å². The molecule has 2 aromatic rings. The maximum Gasteiger partial charge on any atom is 0.0673 e. The molecule has 1 heterocycles. The van der Waals surface area contributed by atoms with Crippen LogP contribution in [-0.4, -0.2) is 16.3 Å². The van der Waals surface area contributed by atoms with Crippen molar-refractivity contribution in [1.82, 2.24) is 9.78 Å². The Labute approximate surface area is 106 Å². The molecule has 0 spiro atoms. The molecule has 1 aromatic carbocycles. The molecule has 0 bridgehead atoms. The molecule has 4 heteroatoms. The molecule has 2 rings (SSSR count). The van der Waals surface area contributed by atoms with Gasteiger partial charge in [-0.05, 0) is 36.6 Å². The van der Waals surface area contributed by atoms with Crippen LogP contribution in [0.15, 0.2) is 36.7 Å². The van der Waals surface area contributed by atoms with Crippen LogP contribution >= 0.6 is 11.6 Å². The lowest BCUT2D eigenvalue weighted by Gasteiger charge is -2.03. The number of nitrogens with zero attached hydrogens (tertiary/aromatic N) is 2. The monoisotopic (exact) mass is 249 g/mol. The Hall–Kier alpha value is -1.32. The first-order chi connectivity index (χ1) is 8.29. The minimum Gasteiger partial charge on any atom is -0.330 e. The molecular formula is C13H16ClN3. The van der Waals surface area contributed by atoms with Crippen LogP contribution in [0.5, 0.6) is 0 Å². The fourth-order valence-electron chi connectivity index (χ4n) is 1.73. The van der Waals surface area contributed by atoms with E-state index in [2.05, 4.69) is 11.3 Å². The second kappa shape index (κ2) is 5.84. The summed E-state index contributed by atoms with van der Waals surface area (Å²) in [6, 6.07) is 7.83. The highest BCUT2D eigenvalue weighted by Gasteiger charge is 2.02. The maximum absolute atomic E-state index is 6.11. The molecule has 17 heavy (non-hydrogen) atoms. The van der Waals surface area contributed by atoms with Crippen LogP contribution in [0.4, 0.5) is 0 Å². The van der Waals surface area contributed by atoms with Gasteiger partial charge >= 0.3 is 0 Å². The van der Waals surface area contributed by atoms with E-state index in [1.165, 1.54) is 5.56 Å². The van der Waals surface area contributed by atoms with Gasteiger partial charge in [-0.25, -0.2) is 0 Å². The van der Waals surface area contributed by atoms with Gasteiger partial charge in [-0.2, -0.15) is 5.10 Å². The van der Waals surface area contributed by atoms with Gasteiger partial charge < -0.3 is 5.73 Å². The van der Waals surface area contributed by atoms with Crippen LogP contribution in [0.25, 0.3) is 0 Å². The summed E-state index contributed by atoms with van der Waals surface area (Å²) in [5.41, 5.74) is 7.79. The van der Waals surface area contributed by atoms with Gasteiger partial charge in [0.1, 0.15) is 0 Å². The second-order valence-electron chi connectivity index (χ2n) is 4.03. The number of halogens is 1. The SMILES string of the molecule is NCCCc1cnn(Cc2ccccc2Cl)c1. The molecule has 0 aliphatic carbocycles. The third-order valence-corrected chi connectivity index (χ3v) is 3.02. The molecule has 0 saturated carbocycles. The number of aryl methyl sites for hydroxylation is 1. The van der Waals surface area contributed by atoms with Crippen molar-refractivity contribution in [3.63, 3.8) is 0 Å². The van der Waals surface area contributed by atoms with E-state index in [1.807, 2.05) is 35.1 Å². The van der Waals surface area contributed by atoms with Crippen LogP contribution in [0.1, 0.15) is 17.5 Å². The summed E-state index contributed by atoms with van der Waals surface area (Å²) in [6.07, 6.45) is 5.93. The van der Waals surface area contributed by atoms with Crippen molar-refractivity contribution >= 4 is 11.6 Å². The summed E-state index contributed by atoms with van der Waals surface area (Å²) in [5, 5.41) is 5.11. The first kappa shape index (κ1) is 12.1. The van der Waals surface area contributed by atoms with E-state index >= 15 is 0 Å². The van der Waals surface area contributed by atoms with E-state index in [0.29, 0.717) is 6.54 Å². The molecule has 0 unspecified atom stereocenters. The zero-order valence-corrected chi connectivity index (χ0v) is 10.4. The zero-order chi connectivity index (χ0) is 12.1. The molecule has 0 atom stereocenters. The first-order valence-electron chi connectivity index (χ1n) is 5.74. The van der Waals surface area contributed by atoms with E-state index in [1.54, 1.807) is 0 Å². The van der Waals surface area contributed by atoms with Gasteiger partial charge in [0.05, 0.1) is 12.7 Å². The molecule has 0 radical (unpaired) electrons. The fraction of sp³-hybridized carbons (Fsp3) is 0.308. The van der Waals surface area contributed by atoms with Crippen LogP contribution in [0.2, 0.25) is 5.02 Å².